The fraction of sp³-hybridized carbons (Fsp3) is 0.652. The summed E-state index contributed by atoms with van der Waals surface area (Å²) < 4.78 is 0. The van der Waals surface area contributed by atoms with Gasteiger partial charge in [0.15, 0.2) is 5.13 Å². The van der Waals surface area contributed by atoms with Gasteiger partial charge in [-0.2, -0.15) is 0 Å². The molecule has 30 heavy (non-hydrogen) atoms. The summed E-state index contributed by atoms with van der Waals surface area (Å²) in [6.07, 6.45) is 9.09. The molecule has 2 aliphatic carbocycles. The van der Waals surface area contributed by atoms with E-state index in [0.717, 1.165) is 28.5 Å². The molecule has 5 atom stereocenters. The number of amides is 1. The summed E-state index contributed by atoms with van der Waals surface area (Å²) in [5.41, 5.74) is 0.111. The standard InChI is InChI=1S/C23H33N3O3S/c1-6-10-24-21-25-20-15(12-19(29)26(5)11-7-2)22(3)9-8-18(28)23(4,14-27)17(22)13-16(20)30-21/h2,6,15,17-18,27-28H,1,8-14H2,3-5H3,(H,24,25). The van der Waals surface area contributed by atoms with Crippen LogP contribution in [0.1, 0.15) is 49.6 Å². The summed E-state index contributed by atoms with van der Waals surface area (Å²) in [6.45, 7) is 8.74. The number of hydrogen-bond donors (Lipinski definition) is 3. The molecule has 3 rings (SSSR count). The van der Waals surface area contributed by atoms with Gasteiger partial charge in [-0.3, -0.25) is 4.79 Å². The van der Waals surface area contributed by atoms with Gasteiger partial charge in [0.25, 0.3) is 0 Å². The van der Waals surface area contributed by atoms with Crippen molar-refractivity contribution in [3.63, 3.8) is 0 Å². The van der Waals surface area contributed by atoms with Crippen molar-refractivity contribution in [3.05, 3.63) is 23.2 Å². The van der Waals surface area contributed by atoms with Gasteiger partial charge in [-0.05, 0) is 30.6 Å². The van der Waals surface area contributed by atoms with Crippen molar-refractivity contribution in [2.24, 2.45) is 16.7 Å². The zero-order valence-corrected chi connectivity index (χ0v) is 19.0. The maximum atomic E-state index is 13.0. The lowest BCUT2D eigenvalue weighted by molar-refractivity contribution is -0.146. The lowest BCUT2D eigenvalue weighted by Crippen LogP contribution is -2.57. The third-order valence-corrected chi connectivity index (χ3v) is 8.48. The van der Waals surface area contributed by atoms with Crippen molar-refractivity contribution in [3.8, 4) is 12.3 Å². The predicted octanol–water partition coefficient (Wildman–Crippen LogP) is 2.64. The van der Waals surface area contributed by atoms with Gasteiger partial charge in [-0.25, -0.2) is 4.98 Å². The zero-order valence-electron chi connectivity index (χ0n) is 18.1. The molecule has 0 spiro atoms. The molecule has 5 unspecified atom stereocenters. The van der Waals surface area contributed by atoms with Crippen LogP contribution in [0.5, 0.6) is 0 Å². The van der Waals surface area contributed by atoms with E-state index in [0.29, 0.717) is 19.4 Å². The van der Waals surface area contributed by atoms with Crippen LogP contribution in [0.2, 0.25) is 0 Å². The highest BCUT2D eigenvalue weighted by Gasteiger charge is 2.59. The van der Waals surface area contributed by atoms with Crippen molar-refractivity contribution in [1.82, 2.24) is 9.88 Å². The van der Waals surface area contributed by atoms with Crippen molar-refractivity contribution >= 4 is 22.4 Å². The number of carbonyl (C=O) groups is 1. The average Bonchev–Trinajstić information content (AvgIpc) is 3.13. The fourth-order valence-corrected chi connectivity index (χ4v) is 6.51. The van der Waals surface area contributed by atoms with Crippen LogP contribution in [-0.4, -0.2) is 58.9 Å². The molecule has 1 saturated carbocycles. The molecular weight excluding hydrogens is 398 g/mol. The summed E-state index contributed by atoms with van der Waals surface area (Å²) in [5, 5.41) is 25.2. The monoisotopic (exact) mass is 431 g/mol. The average molecular weight is 432 g/mol. The molecule has 0 aromatic carbocycles. The topological polar surface area (TPSA) is 85.7 Å². The summed E-state index contributed by atoms with van der Waals surface area (Å²) in [5.74, 6) is 2.49. The van der Waals surface area contributed by atoms with Crippen molar-refractivity contribution < 1.29 is 15.0 Å². The lowest BCUT2D eigenvalue weighted by atomic mass is 9.47. The van der Waals surface area contributed by atoms with E-state index in [1.54, 1.807) is 29.4 Å². The van der Waals surface area contributed by atoms with Crippen LogP contribution < -0.4 is 5.32 Å². The Balaban J connectivity index is 2.05. The van der Waals surface area contributed by atoms with Gasteiger partial charge in [0.2, 0.25) is 5.91 Å². The zero-order chi connectivity index (χ0) is 22.1. The fourth-order valence-electron chi connectivity index (χ4n) is 5.44. The predicted molar refractivity (Wildman–Crippen MR) is 120 cm³/mol. The number of carbonyl (C=O) groups excluding carboxylic acids is 1. The highest BCUT2D eigenvalue weighted by molar-refractivity contribution is 7.15. The van der Waals surface area contributed by atoms with E-state index < -0.39 is 11.5 Å². The van der Waals surface area contributed by atoms with E-state index in [4.69, 9.17) is 11.4 Å². The van der Waals surface area contributed by atoms with E-state index >= 15 is 0 Å². The molecule has 0 saturated heterocycles. The number of fused-ring (bicyclic) bond motifs is 2. The Morgan fingerprint density at radius 2 is 2.27 bits per heavy atom. The van der Waals surface area contributed by atoms with Crippen LogP contribution in [0.4, 0.5) is 5.13 Å². The van der Waals surface area contributed by atoms with Crippen molar-refractivity contribution in [2.45, 2.75) is 51.6 Å². The van der Waals surface area contributed by atoms with Crippen molar-refractivity contribution in [1.29, 1.82) is 0 Å². The van der Waals surface area contributed by atoms with Gasteiger partial charge in [-0.15, -0.1) is 24.3 Å². The van der Waals surface area contributed by atoms with Crippen molar-refractivity contribution in [2.75, 3.05) is 32.1 Å². The lowest BCUT2D eigenvalue weighted by Gasteiger charge is -2.58. The second kappa shape index (κ2) is 8.70. The van der Waals surface area contributed by atoms with E-state index in [1.807, 2.05) is 6.92 Å². The largest absolute Gasteiger partial charge is 0.396 e. The summed E-state index contributed by atoms with van der Waals surface area (Å²) in [6, 6.07) is 0. The molecular formula is C23H33N3O3S. The Hall–Kier alpha value is -1.88. The van der Waals surface area contributed by atoms with E-state index in [2.05, 4.69) is 24.7 Å². The highest BCUT2D eigenvalue weighted by Crippen LogP contribution is 2.62. The van der Waals surface area contributed by atoms with Gasteiger partial charge in [0.1, 0.15) is 0 Å². The van der Waals surface area contributed by atoms with Crippen LogP contribution in [-0.2, 0) is 11.2 Å². The van der Waals surface area contributed by atoms with Gasteiger partial charge in [-0.1, -0.05) is 25.8 Å². The molecule has 1 aromatic rings. The first kappa shape index (κ1) is 22.8. The van der Waals surface area contributed by atoms with Crippen LogP contribution in [0, 0.1) is 29.1 Å². The molecule has 2 aliphatic rings. The Morgan fingerprint density at radius 1 is 1.53 bits per heavy atom. The summed E-state index contributed by atoms with van der Waals surface area (Å²) in [4.78, 5) is 20.6. The number of nitrogens with one attached hydrogen (secondary N) is 1. The second-order valence-corrected chi connectivity index (χ2v) is 10.3. The SMILES string of the molecule is C#CCN(C)C(=O)CC1c2nc(NCC=C)sc2CC2C(C)(CO)C(O)CCC12C. The molecule has 1 amide bonds. The first-order chi connectivity index (χ1) is 14.2. The Bertz CT molecular complexity index is 847. The molecule has 1 fully saturated rings. The number of aliphatic hydroxyl groups excluding tert-OH is 2. The number of hydrogen-bond acceptors (Lipinski definition) is 6. The minimum absolute atomic E-state index is 0.00352. The van der Waals surface area contributed by atoms with Crippen LogP contribution in [0.25, 0.3) is 0 Å². The normalized spacial score (nSPS) is 32.5. The molecule has 164 valence electrons. The third kappa shape index (κ3) is 3.77. The number of aromatic nitrogens is 1. The smallest absolute Gasteiger partial charge is 0.223 e. The summed E-state index contributed by atoms with van der Waals surface area (Å²) in [7, 11) is 1.73. The van der Waals surface area contributed by atoms with E-state index in [1.165, 1.54) is 0 Å². The van der Waals surface area contributed by atoms with Crippen LogP contribution in [0.3, 0.4) is 0 Å². The Morgan fingerprint density at radius 3 is 2.90 bits per heavy atom. The molecule has 0 bridgehead atoms. The number of anilines is 1. The quantitative estimate of drug-likeness (QED) is 0.456. The van der Waals surface area contributed by atoms with E-state index in [-0.39, 0.29) is 36.3 Å². The molecule has 7 heteroatoms. The Kier molecular flexibility index (Phi) is 6.61. The highest BCUT2D eigenvalue weighted by atomic mass is 32.1. The van der Waals surface area contributed by atoms with Crippen LogP contribution in [0.15, 0.2) is 12.7 Å². The number of terminal acetylenes is 1. The summed E-state index contributed by atoms with van der Waals surface area (Å²) >= 11 is 1.60. The maximum Gasteiger partial charge on any atom is 0.223 e. The third-order valence-electron chi connectivity index (χ3n) is 7.42. The molecule has 1 heterocycles. The minimum atomic E-state index is -0.616. The number of aliphatic hydroxyl groups is 2. The molecule has 0 radical (unpaired) electrons. The number of nitrogens with zero attached hydrogens (tertiary/aromatic N) is 2. The van der Waals surface area contributed by atoms with Gasteiger partial charge in [0, 0.05) is 36.2 Å². The first-order valence-corrected chi connectivity index (χ1v) is 11.3. The van der Waals surface area contributed by atoms with Gasteiger partial charge in [0.05, 0.1) is 24.9 Å². The molecule has 3 N–H and O–H groups in total. The second-order valence-electron chi connectivity index (χ2n) is 9.19. The number of rotatable bonds is 7. The van der Waals surface area contributed by atoms with Gasteiger partial charge < -0.3 is 20.4 Å². The first-order valence-electron chi connectivity index (χ1n) is 10.5. The Labute approximate surface area is 183 Å². The van der Waals surface area contributed by atoms with Crippen LogP contribution >= 0.6 is 11.3 Å². The molecule has 6 nitrogen and oxygen atoms in total. The minimum Gasteiger partial charge on any atom is -0.396 e. The number of thiazole rings is 1. The maximum absolute atomic E-state index is 13.0. The van der Waals surface area contributed by atoms with Gasteiger partial charge >= 0.3 is 0 Å². The van der Waals surface area contributed by atoms with E-state index in [9.17, 15) is 15.0 Å². The molecule has 0 aliphatic heterocycles. The molecule has 1 aromatic heterocycles.